The predicted octanol–water partition coefficient (Wildman–Crippen LogP) is 9.94. The van der Waals surface area contributed by atoms with E-state index in [1.165, 1.54) is 63.6 Å². The summed E-state index contributed by atoms with van der Waals surface area (Å²) < 4.78 is 3.85. The highest BCUT2D eigenvalue weighted by Gasteiger charge is 2.18. The summed E-state index contributed by atoms with van der Waals surface area (Å²) in [6.07, 6.45) is 0. The Morgan fingerprint density at radius 2 is 1.06 bits per heavy atom. The Hall–Kier alpha value is -3.20. The minimum absolute atomic E-state index is 1.10. The van der Waals surface area contributed by atoms with E-state index in [-0.39, 0.29) is 0 Å². The van der Waals surface area contributed by atoms with Crippen LogP contribution >= 0.6 is 27.3 Å². The maximum atomic E-state index is 3.59. The molecule has 0 spiro atoms. The van der Waals surface area contributed by atoms with Crippen LogP contribution < -0.4 is 0 Å². The van der Waals surface area contributed by atoms with Crippen LogP contribution in [-0.2, 0) is 0 Å². The molecule has 0 radical (unpaired) electrons. The molecular weight excluding hydrogens is 472 g/mol. The second kappa shape index (κ2) is 6.90. The van der Waals surface area contributed by atoms with Crippen LogP contribution in [0.1, 0.15) is 0 Å². The van der Waals surface area contributed by atoms with Gasteiger partial charge in [0.05, 0.1) is 0 Å². The Morgan fingerprint density at radius 3 is 1.81 bits per heavy atom. The van der Waals surface area contributed by atoms with Gasteiger partial charge in [0.1, 0.15) is 0 Å². The fourth-order valence-electron chi connectivity index (χ4n) is 5.09. The van der Waals surface area contributed by atoms with E-state index in [4.69, 9.17) is 0 Å². The van der Waals surface area contributed by atoms with E-state index in [0.29, 0.717) is 0 Å². The molecular formula is C30H17BrS. The molecule has 2 heteroatoms. The molecule has 150 valence electrons. The van der Waals surface area contributed by atoms with E-state index < -0.39 is 0 Å². The monoisotopic (exact) mass is 488 g/mol. The van der Waals surface area contributed by atoms with Gasteiger partial charge in [0.25, 0.3) is 0 Å². The van der Waals surface area contributed by atoms with Crippen molar-refractivity contribution >= 4 is 79.8 Å². The third kappa shape index (κ3) is 2.54. The second-order valence-corrected chi connectivity index (χ2v) is 10.2. The van der Waals surface area contributed by atoms with E-state index in [9.17, 15) is 0 Å². The van der Waals surface area contributed by atoms with Crippen molar-refractivity contribution in [3.63, 3.8) is 0 Å². The lowest BCUT2D eigenvalue weighted by molar-refractivity contribution is 1.64. The van der Waals surface area contributed by atoms with Crippen LogP contribution in [0.25, 0.3) is 63.6 Å². The van der Waals surface area contributed by atoms with Crippen LogP contribution in [0, 0.1) is 0 Å². The van der Waals surface area contributed by atoms with Crippen LogP contribution in [0.5, 0.6) is 0 Å². The van der Waals surface area contributed by atoms with Gasteiger partial charge < -0.3 is 0 Å². The first kappa shape index (κ1) is 18.4. The SMILES string of the molecule is Brc1ccc(-c2cc3ccccc3c3c2sc2c4ccccc4c4ccccc4c23)cc1. The number of rotatable bonds is 1. The topological polar surface area (TPSA) is 0 Å². The third-order valence-corrected chi connectivity index (χ3v) is 8.28. The summed E-state index contributed by atoms with van der Waals surface area (Å²) in [6, 6.07) is 37.6. The van der Waals surface area contributed by atoms with Gasteiger partial charge in [0.2, 0.25) is 0 Å². The average molecular weight is 489 g/mol. The molecule has 1 heterocycles. The Morgan fingerprint density at radius 1 is 0.500 bits per heavy atom. The highest BCUT2D eigenvalue weighted by molar-refractivity contribution is 9.10. The molecule has 0 saturated carbocycles. The summed E-state index contributed by atoms with van der Waals surface area (Å²) in [6.45, 7) is 0. The number of hydrogen-bond acceptors (Lipinski definition) is 1. The summed E-state index contributed by atoms with van der Waals surface area (Å²) in [7, 11) is 0. The summed E-state index contributed by atoms with van der Waals surface area (Å²) in [5.74, 6) is 0. The molecule has 1 aromatic heterocycles. The maximum absolute atomic E-state index is 3.59. The van der Waals surface area contributed by atoms with Gasteiger partial charge in [-0.1, -0.05) is 101 Å². The van der Waals surface area contributed by atoms with Gasteiger partial charge in [-0.3, -0.25) is 0 Å². The lowest BCUT2D eigenvalue weighted by atomic mass is 9.93. The molecule has 0 N–H and O–H groups in total. The fraction of sp³-hybridized carbons (Fsp3) is 0. The Labute approximate surface area is 197 Å². The summed E-state index contributed by atoms with van der Waals surface area (Å²) in [5, 5.41) is 10.7. The fourth-order valence-corrected chi connectivity index (χ4v) is 6.76. The van der Waals surface area contributed by atoms with Crippen LogP contribution in [0.3, 0.4) is 0 Å². The highest BCUT2D eigenvalue weighted by atomic mass is 79.9. The molecule has 32 heavy (non-hydrogen) atoms. The third-order valence-electron chi connectivity index (χ3n) is 6.50. The molecule has 0 aliphatic heterocycles. The zero-order valence-electron chi connectivity index (χ0n) is 17.1. The minimum Gasteiger partial charge on any atom is -0.134 e. The summed E-state index contributed by atoms with van der Waals surface area (Å²) in [5.41, 5.74) is 2.56. The van der Waals surface area contributed by atoms with Crippen LogP contribution in [-0.4, -0.2) is 0 Å². The van der Waals surface area contributed by atoms with Gasteiger partial charge in [-0.05, 0) is 50.7 Å². The first-order valence-corrected chi connectivity index (χ1v) is 12.3. The number of hydrogen-bond donors (Lipinski definition) is 0. The molecule has 7 rings (SSSR count). The molecule has 0 nitrogen and oxygen atoms in total. The van der Waals surface area contributed by atoms with Gasteiger partial charge in [0, 0.05) is 35.6 Å². The van der Waals surface area contributed by atoms with Crippen LogP contribution in [0.2, 0.25) is 0 Å². The zero-order valence-corrected chi connectivity index (χ0v) is 19.5. The molecule has 6 aromatic carbocycles. The highest BCUT2D eigenvalue weighted by Crippen LogP contribution is 2.49. The van der Waals surface area contributed by atoms with Crippen molar-refractivity contribution < 1.29 is 0 Å². The van der Waals surface area contributed by atoms with Gasteiger partial charge in [-0.2, -0.15) is 0 Å². The first-order valence-electron chi connectivity index (χ1n) is 10.7. The summed E-state index contributed by atoms with van der Waals surface area (Å²) >= 11 is 5.53. The predicted molar refractivity (Wildman–Crippen MR) is 145 cm³/mol. The molecule has 0 bridgehead atoms. The van der Waals surface area contributed by atoms with E-state index in [2.05, 4.69) is 119 Å². The second-order valence-electron chi connectivity index (χ2n) is 8.25. The van der Waals surface area contributed by atoms with Crippen LogP contribution in [0.15, 0.2) is 108 Å². The van der Waals surface area contributed by atoms with Gasteiger partial charge in [0.15, 0.2) is 0 Å². The molecule has 0 aliphatic rings. The zero-order chi connectivity index (χ0) is 21.2. The molecule has 0 aliphatic carbocycles. The van der Waals surface area contributed by atoms with Gasteiger partial charge >= 0.3 is 0 Å². The Balaban J connectivity index is 1.80. The number of benzene rings is 6. The normalized spacial score (nSPS) is 11.9. The molecule has 7 aromatic rings. The maximum Gasteiger partial charge on any atom is 0.0440 e. The molecule has 0 unspecified atom stereocenters. The standard InChI is InChI=1S/C30H17BrS/c31-20-15-13-18(14-16-20)26-17-19-7-1-2-8-21(19)27-28-24-11-5-3-9-22(24)23-10-4-6-12-25(23)29(28)32-30(26)27/h1-17H. The smallest absolute Gasteiger partial charge is 0.0440 e. The molecule has 0 saturated heterocycles. The first-order chi connectivity index (χ1) is 15.8. The summed E-state index contributed by atoms with van der Waals surface area (Å²) in [4.78, 5) is 0. The Bertz CT molecular complexity index is 1820. The Kier molecular flexibility index (Phi) is 3.96. The van der Waals surface area contributed by atoms with E-state index in [0.717, 1.165) is 4.47 Å². The lowest BCUT2D eigenvalue weighted by Gasteiger charge is -2.10. The van der Waals surface area contributed by atoms with E-state index in [1.807, 2.05) is 11.3 Å². The molecule has 0 atom stereocenters. The van der Waals surface area contributed by atoms with Crippen LogP contribution in [0.4, 0.5) is 0 Å². The van der Waals surface area contributed by atoms with E-state index >= 15 is 0 Å². The van der Waals surface area contributed by atoms with Crippen molar-refractivity contribution in [3.8, 4) is 11.1 Å². The number of thiophene rings is 1. The van der Waals surface area contributed by atoms with Gasteiger partial charge in [-0.25, -0.2) is 0 Å². The average Bonchev–Trinajstić information content (AvgIpc) is 3.26. The molecule has 0 fully saturated rings. The van der Waals surface area contributed by atoms with Crippen molar-refractivity contribution in [2.24, 2.45) is 0 Å². The lowest BCUT2D eigenvalue weighted by Crippen LogP contribution is -1.83. The number of halogens is 1. The van der Waals surface area contributed by atoms with E-state index in [1.54, 1.807) is 0 Å². The van der Waals surface area contributed by atoms with Crippen molar-refractivity contribution in [3.05, 3.63) is 108 Å². The molecule has 0 amide bonds. The van der Waals surface area contributed by atoms with Crippen molar-refractivity contribution in [1.29, 1.82) is 0 Å². The quantitative estimate of drug-likeness (QED) is 0.201. The van der Waals surface area contributed by atoms with Gasteiger partial charge in [-0.15, -0.1) is 11.3 Å². The van der Waals surface area contributed by atoms with Crippen molar-refractivity contribution in [1.82, 2.24) is 0 Å². The number of fused-ring (bicyclic) bond motifs is 10. The minimum atomic E-state index is 1.10. The largest absolute Gasteiger partial charge is 0.134 e. The van der Waals surface area contributed by atoms with Crippen molar-refractivity contribution in [2.45, 2.75) is 0 Å². The van der Waals surface area contributed by atoms with Crippen molar-refractivity contribution in [2.75, 3.05) is 0 Å².